The van der Waals surface area contributed by atoms with Gasteiger partial charge in [-0.2, -0.15) is 0 Å². The van der Waals surface area contributed by atoms with E-state index in [2.05, 4.69) is 68.6 Å². The van der Waals surface area contributed by atoms with Gasteiger partial charge < -0.3 is 9.47 Å². The van der Waals surface area contributed by atoms with E-state index in [4.69, 9.17) is 4.74 Å². The van der Waals surface area contributed by atoms with Crippen LogP contribution in [0.5, 0.6) is 5.75 Å². The maximum Gasteiger partial charge on any atom is 0.305 e. The van der Waals surface area contributed by atoms with Crippen LogP contribution in [0.25, 0.3) is 0 Å². The van der Waals surface area contributed by atoms with Crippen molar-refractivity contribution >= 4 is 51.2 Å². The molecule has 0 spiro atoms. The number of hydrogen-bond acceptors (Lipinski definition) is 3. The lowest BCUT2D eigenvalue weighted by atomic mass is 10.1. The normalized spacial score (nSPS) is 10.3. The number of aryl methyl sites for hydroxylation is 1. The molecule has 0 heterocycles. The first-order valence-corrected chi connectivity index (χ1v) is 8.91. The van der Waals surface area contributed by atoms with Crippen molar-refractivity contribution in [1.82, 2.24) is 0 Å². The van der Waals surface area contributed by atoms with Crippen LogP contribution in [0.2, 0.25) is 0 Å². The Bertz CT molecular complexity index is 489. The summed E-state index contributed by atoms with van der Waals surface area (Å²) in [5, 5.41) is 0. The molecule has 0 saturated carbocycles. The molecule has 0 amide bonds. The van der Waals surface area contributed by atoms with Crippen molar-refractivity contribution in [2.24, 2.45) is 0 Å². The van der Waals surface area contributed by atoms with Crippen LogP contribution >= 0.6 is 45.2 Å². The van der Waals surface area contributed by atoms with E-state index in [1.165, 1.54) is 12.7 Å². The van der Waals surface area contributed by atoms with Gasteiger partial charge >= 0.3 is 5.97 Å². The second kappa shape index (κ2) is 9.66. The molecule has 0 N–H and O–H groups in total. The Morgan fingerprint density at radius 3 is 2.38 bits per heavy atom. The highest BCUT2D eigenvalue weighted by atomic mass is 127. The molecule has 1 aromatic rings. The van der Waals surface area contributed by atoms with Crippen LogP contribution in [0.15, 0.2) is 24.3 Å². The van der Waals surface area contributed by atoms with Crippen LogP contribution in [-0.2, 0) is 16.0 Å². The highest BCUT2D eigenvalue weighted by molar-refractivity contribution is 14.1. The van der Waals surface area contributed by atoms with Gasteiger partial charge in [-0.3, -0.25) is 4.79 Å². The molecule has 0 aliphatic carbocycles. The molecule has 1 aromatic carbocycles. The van der Waals surface area contributed by atoms with Crippen molar-refractivity contribution in [3.63, 3.8) is 0 Å². The van der Waals surface area contributed by atoms with Gasteiger partial charge in [0.25, 0.3) is 0 Å². The summed E-state index contributed by atoms with van der Waals surface area (Å²) in [6.07, 6.45) is 3.29. The van der Waals surface area contributed by atoms with Gasteiger partial charge in [-0.1, -0.05) is 6.58 Å². The number of benzene rings is 1. The fourth-order valence-electron chi connectivity index (χ4n) is 1.79. The summed E-state index contributed by atoms with van der Waals surface area (Å²) in [5.41, 5.74) is 2.28. The predicted octanol–water partition coefficient (Wildman–Crippen LogP) is 4.74. The van der Waals surface area contributed by atoms with Crippen molar-refractivity contribution in [3.8, 4) is 5.75 Å². The number of carbonyl (C=O) groups is 1. The molecule has 1 rings (SSSR count). The van der Waals surface area contributed by atoms with Gasteiger partial charge in [-0.25, -0.2) is 0 Å². The van der Waals surface area contributed by atoms with E-state index < -0.39 is 0 Å². The lowest BCUT2D eigenvalue weighted by molar-refractivity contribution is -0.140. The van der Waals surface area contributed by atoms with Crippen LogP contribution in [0, 0.1) is 7.14 Å². The number of rotatable bonds is 8. The third-order valence-electron chi connectivity index (χ3n) is 2.84. The van der Waals surface area contributed by atoms with Gasteiger partial charge in [0.2, 0.25) is 0 Å². The van der Waals surface area contributed by atoms with Gasteiger partial charge in [0.15, 0.2) is 0 Å². The first-order valence-electron chi connectivity index (χ1n) is 6.76. The lowest BCUT2D eigenvalue weighted by Crippen LogP contribution is -2.02. The molecule has 0 bridgehead atoms. The maximum absolute atomic E-state index is 11.1. The zero-order chi connectivity index (χ0) is 15.8. The Kier molecular flexibility index (Phi) is 8.62. The van der Waals surface area contributed by atoms with E-state index in [0.717, 1.165) is 37.7 Å². The van der Waals surface area contributed by atoms with Crippen molar-refractivity contribution in [2.75, 3.05) is 13.7 Å². The van der Waals surface area contributed by atoms with Gasteiger partial charge in [-0.05, 0) is 94.6 Å². The second-order valence-electron chi connectivity index (χ2n) is 4.92. The van der Waals surface area contributed by atoms with E-state index >= 15 is 0 Å². The largest absolute Gasteiger partial charge is 0.487 e. The Hall–Kier alpha value is -0.310. The smallest absolute Gasteiger partial charge is 0.305 e. The minimum absolute atomic E-state index is 0.136. The fourth-order valence-corrected chi connectivity index (χ4v) is 4.00. The van der Waals surface area contributed by atoms with Crippen molar-refractivity contribution in [2.45, 2.75) is 32.6 Å². The average Bonchev–Trinajstić information content (AvgIpc) is 2.42. The monoisotopic (exact) mass is 514 g/mol. The molecule has 5 heteroatoms. The minimum atomic E-state index is -0.136. The molecule has 0 atom stereocenters. The van der Waals surface area contributed by atoms with Crippen LogP contribution in [0.1, 0.15) is 31.7 Å². The standard InChI is InChI=1S/C16H20I2O3/c1-11(2)10-21-16-13(17)8-12(9-14(16)18)6-4-5-7-15(19)20-3/h8-9H,1,4-7,10H2,2-3H3. The van der Waals surface area contributed by atoms with Crippen molar-refractivity contribution < 1.29 is 14.3 Å². The summed E-state index contributed by atoms with van der Waals surface area (Å²) >= 11 is 4.60. The quantitative estimate of drug-likeness (QED) is 0.218. The minimum Gasteiger partial charge on any atom is -0.487 e. The number of carbonyl (C=O) groups excluding carboxylic acids is 1. The topological polar surface area (TPSA) is 35.5 Å². The Balaban J connectivity index is 2.57. The third kappa shape index (κ3) is 6.99. The second-order valence-corrected chi connectivity index (χ2v) is 7.24. The predicted molar refractivity (Wildman–Crippen MR) is 102 cm³/mol. The third-order valence-corrected chi connectivity index (χ3v) is 4.45. The first kappa shape index (κ1) is 18.7. The molecule has 0 aliphatic heterocycles. The molecule has 21 heavy (non-hydrogen) atoms. The number of unbranched alkanes of at least 4 members (excludes halogenated alkanes) is 1. The summed E-state index contributed by atoms with van der Waals surface area (Å²) in [7, 11) is 1.43. The van der Waals surface area contributed by atoms with Crippen LogP contribution in [0.3, 0.4) is 0 Å². The number of ether oxygens (including phenoxy) is 2. The number of esters is 1. The Morgan fingerprint density at radius 1 is 1.24 bits per heavy atom. The van der Waals surface area contributed by atoms with E-state index in [9.17, 15) is 4.79 Å². The van der Waals surface area contributed by atoms with Crippen LogP contribution < -0.4 is 4.74 Å². The molecule has 0 unspecified atom stereocenters. The molecule has 116 valence electrons. The lowest BCUT2D eigenvalue weighted by Gasteiger charge is -2.12. The fraction of sp³-hybridized carbons (Fsp3) is 0.438. The molecular weight excluding hydrogens is 494 g/mol. The average molecular weight is 514 g/mol. The highest BCUT2D eigenvalue weighted by Crippen LogP contribution is 2.29. The molecule has 0 saturated heterocycles. The van der Waals surface area contributed by atoms with Gasteiger partial charge in [0.1, 0.15) is 12.4 Å². The molecule has 0 aromatic heterocycles. The summed E-state index contributed by atoms with van der Waals surface area (Å²) in [6, 6.07) is 4.29. The molecule has 3 nitrogen and oxygen atoms in total. The molecule has 0 fully saturated rings. The van der Waals surface area contributed by atoms with Crippen LogP contribution in [0.4, 0.5) is 0 Å². The number of hydrogen-bond donors (Lipinski definition) is 0. The highest BCUT2D eigenvalue weighted by Gasteiger charge is 2.09. The Morgan fingerprint density at radius 2 is 1.86 bits per heavy atom. The van der Waals surface area contributed by atoms with E-state index in [1.807, 2.05) is 6.92 Å². The van der Waals surface area contributed by atoms with Crippen molar-refractivity contribution in [1.29, 1.82) is 0 Å². The number of methoxy groups -OCH3 is 1. The van der Waals surface area contributed by atoms with E-state index in [0.29, 0.717) is 13.0 Å². The molecular formula is C16H20I2O3. The van der Waals surface area contributed by atoms with Crippen molar-refractivity contribution in [3.05, 3.63) is 37.0 Å². The van der Waals surface area contributed by atoms with E-state index in [-0.39, 0.29) is 5.97 Å². The van der Waals surface area contributed by atoms with Gasteiger partial charge in [0.05, 0.1) is 14.3 Å². The first-order chi connectivity index (χ1) is 9.93. The van der Waals surface area contributed by atoms with Gasteiger partial charge in [0, 0.05) is 6.42 Å². The number of halogens is 2. The summed E-state index contributed by atoms with van der Waals surface area (Å²) in [4.78, 5) is 11.1. The SMILES string of the molecule is C=C(C)COc1c(I)cc(CCCCC(=O)OC)cc1I. The summed E-state index contributed by atoms with van der Waals surface area (Å²) in [6.45, 7) is 6.35. The maximum atomic E-state index is 11.1. The Labute approximate surface area is 153 Å². The summed E-state index contributed by atoms with van der Waals surface area (Å²) in [5.74, 6) is 0.792. The van der Waals surface area contributed by atoms with E-state index in [1.54, 1.807) is 0 Å². The zero-order valence-electron chi connectivity index (χ0n) is 12.4. The molecule has 0 aliphatic rings. The summed E-state index contributed by atoms with van der Waals surface area (Å²) < 4.78 is 12.6. The molecule has 0 radical (unpaired) electrons. The van der Waals surface area contributed by atoms with Crippen LogP contribution in [-0.4, -0.2) is 19.7 Å². The van der Waals surface area contributed by atoms with Gasteiger partial charge in [-0.15, -0.1) is 0 Å². The zero-order valence-corrected chi connectivity index (χ0v) is 16.7.